The second-order valence-electron chi connectivity index (χ2n) is 5.21. The van der Waals surface area contributed by atoms with E-state index in [4.69, 9.17) is 14.9 Å². The van der Waals surface area contributed by atoms with Gasteiger partial charge in [0, 0.05) is 6.92 Å². The van der Waals surface area contributed by atoms with Crippen molar-refractivity contribution in [3.63, 3.8) is 0 Å². The van der Waals surface area contributed by atoms with Crippen LogP contribution in [0.5, 0.6) is 0 Å². The van der Waals surface area contributed by atoms with Gasteiger partial charge in [-0.1, -0.05) is 0 Å². The highest BCUT2D eigenvalue weighted by atomic mass is 16.5. The number of hydrogen-bond donors (Lipinski definition) is 7. The quantitative estimate of drug-likeness (QED) is 0.261. The Hall–Kier alpha value is -1.30. The summed E-state index contributed by atoms with van der Waals surface area (Å²) >= 11 is 0. The third-order valence-electron chi connectivity index (χ3n) is 3.39. The maximum Gasteiger partial charge on any atom is 0.323 e. The van der Waals surface area contributed by atoms with Crippen molar-refractivity contribution in [2.75, 3.05) is 6.61 Å². The molecular formula is C12H22N2O8. The molecule has 1 amide bonds. The van der Waals surface area contributed by atoms with E-state index in [2.05, 4.69) is 10.6 Å². The summed E-state index contributed by atoms with van der Waals surface area (Å²) in [5.41, 5.74) is 0. The summed E-state index contributed by atoms with van der Waals surface area (Å²) < 4.78 is 5.30. The normalized spacial score (nSPS) is 34.7. The molecule has 1 fully saturated rings. The highest BCUT2D eigenvalue weighted by molar-refractivity contribution is 5.74. The van der Waals surface area contributed by atoms with Crippen LogP contribution in [-0.4, -0.2) is 86.7 Å². The number of amides is 1. The lowest BCUT2D eigenvalue weighted by atomic mass is 9.95. The van der Waals surface area contributed by atoms with Gasteiger partial charge in [0.05, 0.1) is 18.8 Å². The third-order valence-corrected chi connectivity index (χ3v) is 3.39. The fraction of sp³-hybridized carbons (Fsp3) is 0.833. The lowest BCUT2D eigenvalue weighted by molar-refractivity contribution is -0.206. The molecular weight excluding hydrogens is 300 g/mol. The molecule has 1 aliphatic rings. The van der Waals surface area contributed by atoms with Crippen molar-refractivity contribution in [1.82, 2.24) is 10.6 Å². The van der Waals surface area contributed by atoms with Crippen LogP contribution >= 0.6 is 0 Å². The van der Waals surface area contributed by atoms with Crippen LogP contribution in [0.4, 0.5) is 0 Å². The van der Waals surface area contributed by atoms with Crippen LogP contribution in [0, 0.1) is 0 Å². The monoisotopic (exact) mass is 322 g/mol. The molecule has 0 saturated carbocycles. The van der Waals surface area contributed by atoms with E-state index in [1.807, 2.05) is 0 Å². The third kappa shape index (κ3) is 4.35. The number of aliphatic carboxylic acids is 1. The largest absolute Gasteiger partial charge is 0.480 e. The lowest BCUT2D eigenvalue weighted by Gasteiger charge is -2.43. The van der Waals surface area contributed by atoms with Gasteiger partial charge in [-0.25, -0.2) is 0 Å². The van der Waals surface area contributed by atoms with E-state index in [0.29, 0.717) is 0 Å². The van der Waals surface area contributed by atoms with Crippen molar-refractivity contribution in [3.05, 3.63) is 0 Å². The van der Waals surface area contributed by atoms with Gasteiger partial charge in [0.15, 0.2) is 0 Å². The van der Waals surface area contributed by atoms with Gasteiger partial charge in [-0.15, -0.1) is 0 Å². The predicted molar refractivity (Wildman–Crippen MR) is 71.6 cm³/mol. The van der Waals surface area contributed by atoms with E-state index in [1.165, 1.54) is 13.8 Å². The predicted octanol–water partition coefficient (Wildman–Crippen LogP) is -3.65. The van der Waals surface area contributed by atoms with E-state index in [9.17, 15) is 24.9 Å². The van der Waals surface area contributed by atoms with Gasteiger partial charge in [-0.2, -0.15) is 0 Å². The van der Waals surface area contributed by atoms with Crippen molar-refractivity contribution < 1.29 is 39.9 Å². The molecule has 7 N–H and O–H groups in total. The molecule has 1 heterocycles. The number of carboxylic acid groups (broad SMARTS) is 1. The molecule has 0 aromatic carbocycles. The van der Waals surface area contributed by atoms with Crippen molar-refractivity contribution in [2.24, 2.45) is 0 Å². The van der Waals surface area contributed by atoms with Gasteiger partial charge in [0.25, 0.3) is 0 Å². The van der Waals surface area contributed by atoms with Gasteiger partial charge in [-0.3, -0.25) is 14.9 Å². The number of carboxylic acids is 1. The van der Waals surface area contributed by atoms with E-state index >= 15 is 0 Å². The fourth-order valence-electron chi connectivity index (χ4n) is 2.25. The number of hydrogen-bond acceptors (Lipinski definition) is 8. The van der Waals surface area contributed by atoms with Crippen molar-refractivity contribution >= 4 is 11.9 Å². The second kappa shape index (κ2) is 7.81. The summed E-state index contributed by atoms with van der Waals surface area (Å²) in [6, 6.07) is -2.58. The zero-order chi connectivity index (χ0) is 17.0. The molecule has 128 valence electrons. The first-order valence-electron chi connectivity index (χ1n) is 6.75. The van der Waals surface area contributed by atoms with Gasteiger partial charge in [0.2, 0.25) is 5.91 Å². The molecule has 1 saturated heterocycles. The number of rotatable bonds is 6. The second-order valence-corrected chi connectivity index (χ2v) is 5.21. The minimum absolute atomic E-state index is 0.530. The summed E-state index contributed by atoms with van der Waals surface area (Å²) in [7, 11) is 0. The topological polar surface area (TPSA) is 169 Å². The minimum atomic E-state index is -1.49. The van der Waals surface area contributed by atoms with Crippen LogP contribution in [0.1, 0.15) is 13.8 Å². The maximum atomic E-state index is 11.2. The molecule has 0 aromatic heterocycles. The smallest absolute Gasteiger partial charge is 0.323 e. The van der Waals surface area contributed by atoms with E-state index < -0.39 is 61.2 Å². The Labute approximate surface area is 126 Å². The van der Waals surface area contributed by atoms with Crippen LogP contribution < -0.4 is 10.6 Å². The van der Waals surface area contributed by atoms with E-state index in [1.54, 1.807) is 0 Å². The van der Waals surface area contributed by atoms with Crippen LogP contribution in [0.2, 0.25) is 0 Å². The number of ether oxygens (including phenoxy) is 1. The summed E-state index contributed by atoms with van der Waals surface area (Å²) in [5.74, 6) is -1.89. The number of carbonyl (C=O) groups excluding carboxylic acids is 1. The zero-order valence-electron chi connectivity index (χ0n) is 12.2. The highest BCUT2D eigenvalue weighted by Gasteiger charge is 2.46. The molecule has 22 heavy (non-hydrogen) atoms. The first-order chi connectivity index (χ1) is 10.2. The van der Waals surface area contributed by atoms with Gasteiger partial charge < -0.3 is 35.6 Å². The van der Waals surface area contributed by atoms with Gasteiger partial charge in [0.1, 0.15) is 30.6 Å². The van der Waals surface area contributed by atoms with Crippen LogP contribution in [-0.2, 0) is 14.3 Å². The minimum Gasteiger partial charge on any atom is -0.480 e. The Bertz CT molecular complexity index is 405. The Morgan fingerprint density at radius 3 is 2.27 bits per heavy atom. The first-order valence-corrected chi connectivity index (χ1v) is 6.75. The van der Waals surface area contributed by atoms with E-state index in [-0.39, 0.29) is 0 Å². The molecule has 0 unspecified atom stereocenters. The lowest BCUT2D eigenvalue weighted by Crippen LogP contribution is -2.69. The number of aliphatic hydroxyl groups is 4. The average Bonchev–Trinajstić information content (AvgIpc) is 2.41. The van der Waals surface area contributed by atoms with E-state index in [0.717, 1.165) is 0 Å². The standard InChI is InChI=1S/C12H22N2O8/c1-4(16)7(12(20)21)14-11-8(13-5(2)17)10(19)9(18)6(3-15)22-11/h4,6-11,14-16,18-19H,3H2,1-2H3,(H,13,17)(H,20,21)/t4-,6-,7+,8-,9-,10-,11-/m1/s1. The number of nitrogens with one attached hydrogen (secondary N) is 2. The van der Waals surface area contributed by atoms with Crippen LogP contribution in [0.25, 0.3) is 0 Å². The molecule has 0 bridgehead atoms. The fourth-order valence-corrected chi connectivity index (χ4v) is 2.25. The summed E-state index contributed by atoms with van der Waals surface area (Å²) in [6.07, 6.45) is -6.63. The average molecular weight is 322 g/mol. The van der Waals surface area contributed by atoms with Gasteiger partial charge in [-0.05, 0) is 6.92 Å². The molecule has 0 aromatic rings. The Morgan fingerprint density at radius 2 is 1.86 bits per heavy atom. The van der Waals surface area contributed by atoms with Crippen molar-refractivity contribution in [3.8, 4) is 0 Å². The van der Waals surface area contributed by atoms with Crippen LogP contribution in [0.15, 0.2) is 0 Å². The van der Waals surface area contributed by atoms with Crippen LogP contribution in [0.3, 0.4) is 0 Å². The maximum absolute atomic E-state index is 11.2. The molecule has 0 aliphatic carbocycles. The highest BCUT2D eigenvalue weighted by Crippen LogP contribution is 2.20. The summed E-state index contributed by atoms with van der Waals surface area (Å²) in [6.45, 7) is 1.81. The van der Waals surface area contributed by atoms with Crippen molar-refractivity contribution in [2.45, 2.75) is 56.6 Å². The number of carbonyl (C=O) groups is 2. The zero-order valence-corrected chi connectivity index (χ0v) is 12.2. The molecule has 0 spiro atoms. The summed E-state index contributed by atoms with van der Waals surface area (Å²) in [4.78, 5) is 22.3. The SMILES string of the molecule is CC(=O)N[C@@H]1[C@@H](O)[C@H](O)[C@@H](CO)O[C@H]1N[C@H](C(=O)O)[C@@H](C)O. The molecule has 0 radical (unpaired) electrons. The molecule has 1 rings (SSSR count). The Morgan fingerprint density at radius 1 is 1.27 bits per heavy atom. The molecule has 10 heteroatoms. The molecule has 7 atom stereocenters. The van der Waals surface area contributed by atoms with Crippen molar-refractivity contribution in [1.29, 1.82) is 0 Å². The van der Waals surface area contributed by atoms with Gasteiger partial charge >= 0.3 is 5.97 Å². The summed E-state index contributed by atoms with van der Waals surface area (Å²) in [5, 5.41) is 52.3. The molecule has 1 aliphatic heterocycles. The molecule has 10 nitrogen and oxygen atoms in total. The first kappa shape index (κ1) is 18.7. The number of aliphatic hydroxyl groups excluding tert-OH is 4. The Balaban J connectivity index is 2.98. The Kier molecular flexibility index (Phi) is 6.66.